The van der Waals surface area contributed by atoms with Crippen LogP contribution in [0.2, 0.25) is 0 Å². The molecule has 0 fully saturated rings. The Hall–Kier alpha value is -2.14. The van der Waals surface area contributed by atoms with Gasteiger partial charge in [-0.05, 0) is 35.7 Å². The molecule has 1 aromatic heterocycles. The summed E-state index contributed by atoms with van der Waals surface area (Å²) in [5.74, 6) is -0.0816. The molecule has 0 saturated carbocycles. The van der Waals surface area contributed by atoms with E-state index in [1.54, 1.807) is 35.7 Å². The molecule has 0 atom stereocenters. The summed E-state index contributed by atoms with van der Waals surface area (Å²) in [5.41, 5.74) is 1.20. The van der Waals surface area contributed by atoms with Crippen LogP contribution in [0.15, 0.2) is 41.1 Å². The normalized spacial score (nSPS) is 9.83. The Bertz CT molecular complexity index is 546. The van der Waals surface area contributed by atoms with Crippen LogP contribution in [-0.4, -0.2) is 11.9 Å². The van der Waals surface area contributed by atoms with E-state index in [2.05, 4.69) is 5.32 Å². The molecule has 0 spiro atoms. The molecule has 0 saturated heterocycles. The predicted octanol–water partition coefficient (Wildman–Crippen LogP) is 2.93. The maximum Gasteiger partial charge on any atom is 0.344 e. The van der Waals surface area contributed by atoms with E-state index >= 15 is 0 Å². The maximum atomic E-state index is 11.7. The summed E-state index contributed by atoms with van der Waals surface area (Å²) in [7, 11) is 0. The summed E-state index contributed by atoms with van der Waals surface area (Å²) in [6, 6.07) is 8.33. The molecule has 0 aliphatic heterocycles. The fourth-order valence-corrected chi connectivity index (χ4v) is 1.98. The number of carbonyl (C=O) groups is 2. The van der Waals surface area contributed by atoms with Crippen molar-refractivity contribution in [2.24, 2.45) is 0 Å². The van der Waals surface area contributed by atoms with Gasteiger partial charge in [0, 0.05) is 18.0 Å². The lowest BCUT2D eigenvalue weighted by molar-refractivity contribution is -0.114. The van der Waals surface area contributed by atoms with E-state index in [-0.39, 0.29) is 11.9 Å². The van der Waals surface area contributed by atoms with Crippen molar-refractivity contribution >= 4 is 28.9 Å². The zero-order chi connectivity index (χ0) is 13.0. The van der Waals surface area contributed by atoms with Crippen molar-refractivity contribution in [1.82, 2.24) is 0 Å². The third kappa shape index (κ3) is 3.18. The number of esters is 1. The molecule has 5 heteroatoms. The van der Waals surface area contributed by atoms with Gasteiger partial charge in [-0.15, -0.1) is 0 Å². The minimum atomic E-state index is -0.386. The first-order chi connectivity index (χ1) is 8.65. The second-order valence-electron chi connectivity index (χ2n) is 3.61. The lowest BCUT2D eigenvalue weighted by atomic mass is 10.3. The third-order valence-corrected chi connectivity index (χ3v) is 2.83. The Kier molecular flexibility index (Phi) is 3.74. The van der Waals surface area contributed by atoms with Crippen molar-refractivity contribution in [1.29, 1.82) is 0 Å². The van der Waals surface area contributed by atoms with Crippen molar-refractivity contribution < 1.29 is 14.3 Å². The Morgan fingerprint density at radius 3 is 2.44 bits per heavy atom. The van der Waals surface area contributed by atoms with Crippen molar-refractivity contribution in [2.75, 3.05) is 5.32 Å². The lowest BCUT2D eigenvalue weighted by Crippen LogP contribution is -2.08. The van der Waals surface area contributed by atoms with E-state index in [1.807, 2.05) is 5.38 Å². The minimum Gasteiger partial charge on any atom is -0.423 e. The van der Waals surface area contributed by atoms with Gasteiger partial charge in [-0.2, -0.15) is 11.3 Å². The molecular formula is C13H11NO3S. The van der Waals surface area contributed by atoms with Gasteiger partial charge >= 0.3 is 5.97 Å². The number of thiophene rings is 1. The summed E-state index contributed by atoms with van der Waals surface area (Å²) in [4.78, 5) is 22.5. The lowest BCUT2D eigenvalue weighted by Gasteiger charge is -2.05. The quantitative estimate of drug-likeness (QED) is 0.682. The van der Waals surface area contributed by atoms with Gasteiger partial charge < -0.3 is 10.1 Å². The molecule has 4 nitrogen and oxygen atoms in total. The Morgan fingerprint density at radius 1 is 1.17 bits per heavy atom. The number of hydrogen-bond acceptors (Lipinski definition) is 4. The van der Waals surface area contributed by atoms with Crippen LogP contribution >= 0.6 is 11.3 Å². The van der Waals surface area contributed by atoms with Gasteiger partial charge in [0.25, 0.3) is 0 Å². The van der Waals surface area contributed by atoms with E-state index in [1.165, 1.54) is 18.3 Å². The molecule has 1 amide bonds. The molecule has 2 rings (SSSR count). The van der Waals surface area contributed by atoms with Crippen LogP contribution in [0, 0.1) is 0 Å². The van der Waals surface area contributed by atoms with E-state index < -0.39 is 0 Å². The van der Waals surface area contributed by atoms with Gasteiger partial charge in [0.05, 0.1) is 5.56 Å². The summed E-state index contributed by atoms with van der Waals surface area (Å²) in [6.07, 6.45) is 0. The fourth-order valence-electron chi connectivity index (χ4n) is 1.36. The minimum absolute atomic E-state index is 0.141. The zero-order valence-corrected chi connectivity index (χ0v) is 10.5. The van der Waals surface area contributed by atoms with E-state index in [4.69, 9.17) is 4.74 Å². The van der Waals surface area contributed by atoms with E-state index in [0.717, 1.165) is 0 Å². The summed E-state index contributed by atoms with van der Waals surface area (Å²) in [6.45, 7) is 1.44. The van der Waals surface area contributed by atoms with Crippen LogP contribution in [0.1, 0.15) is 17.3 Å². The molecule has 1 N–H and O–H groups in total. The molecule has 0 aliphatic rings. The third-order valence-electron chi connectivity index (χ3n) is 2.14. The number of carbonyl (C=O) groups excluding carboxylic acids is 2. The first-order valence-corrected chi connectivity index (χ1v) is 6.21. The highest BCUT2D eigenvalue weighted by molar-refractivity contribution is 7.08. The smallest absolute Gasteiger partial charge is 0.344 e. The van der Waals surface area contributed by atoms with Crippen molar-refractivity contribution in [2.45, 2.75) is 6.92 Å². The molecule has 0 aliphatic carbocycles. The molecule has 1 heterocycles. The summed E-state index contributed by atoms with van der Waals surface area (Å²) < 4.78 is 5.17. The Morgan fingerprint density at radius 2 is 1.89 bits per heavy atom. The number of amides is 1. The van der Waals surface area contributed by atoms with Gasteiger partial charge in [0.2, 0.25) is 5.91 Å². The number of rotatable bonds is 3. The second kappa shape index (κ2) is 5.46. The zero-order valence-electron chi connectivity index (χ0n) is 9.67. The van der Waals surface area contributed by atoms with Gasteiger partial charge in [-0.25, -0.2) is 4.79 Å². The fraction of sp³-hybridized carbons (Fsp3) is 0.0769. The SMILES string of the molecule is CC(=O)Nc1ccc(OC(=O)c2ccsc2)cc1. The van der Waals surface area contributed by atoms with Crippen LogP contribution in [0.5, 0.6) is 5.75 Å². The number of nitrogens with one attached hydrogen (secondary N) is 1. The second-order valence-corrected chi connectivity index (χ2v) is 4.39. The first kappa shape index (κ1) is 12.3. The topological polar surface area (TPSA) is 55.4 Å². The number of hydrogen-bond donors (Lipinski definition) is 1. The first-order valence-electron chi connectivity index (χ1n) is 5.27. The number of ether oxygens (including phenoxy) is 1. The Labute approximate surface area is 108 Å². The summed E-state index contributed by atoms with van der Waals surface area (Å²) in [5, 5.41) is 6.18. The van der Waals surface area contributed by atoms with Crippen LogP contribution in [-0.2, 0) is 4.79 Å². The highest BCUT2D eigenvalue weighted by atomic mass is 32.1. The molecule has 0 bridgehead atoms. The largest absolute Gasteiger partial charge is 0.423 e. The molecule has 18 heavy (non-hydrogen) atoms. The molecule has 92 valence electrons. The summed E-state index contributed by atoms with van der Waals surface area (Å²) >= 11 is 1.44. The van der Waals surface area contributed by atoms with Crippen molar-refractivity contribution in [3.05, 3.63) is 46.7 Å². The van der Waals surface area contributed by atoms with Gasteiger partial charge in [0.1, 0.15) is 5.75 Å². The van der Waals surface area contributed by atoms with Crippen LogP contribution < -0.4 is 10.1 Å². The van der Waals surface area contributed by atoms with Gasteiger partial charge in [0.15, 0.2) is 0 Å². The molecular weight excluding hydrogens is 250 g/mol. The number of anilines is 1. The van der Waals surface area contributed by atoms with Crippen LogP contribution in [0.25, 0.3) is 0 Å². The van der Waals surface area contributed by atoms with Crippen LogP contribution in [0.3, 0.4) is 0 Å². The van der Waals surface area contributed by atoms with Crippen molar-refractivity contribution in [3.8, 4) is 5.75 Å². The van der Waals surface area contributed by atoms with E-state index in [9.17, 15) is 9.59 Å². The highest BCUT2D eigenvalue weighted by Crippen LogP contribution is 2.17. The maximum absolute atomic E-state index is 11.7. The van der Waals surface area contributed by atoms with Crippen LogP contribution in [0.4, 0.5) is 5.69 Å². The molecule has 0 radical (unpaired) electrons. The average Bonchev–Trinajstić information content (AvgIpc) is 2.84. The average molecular weight is 261 g/mol. The highest BCUT2D eigenvalue weighted by Gasteiger charge is 2.08. The monoisotopic (exact) mass is 261 g/mol. The van der Waals surface area contributed by atoms with Gasteiger partial charge in [-0.3, -0.25) is 4.79 Å². The molecule has 0 unspecified atom stereocenters. The van der Waals surface area contributed by atoms with Gasteiger partial charge in [-0.1, -0.05) is 0 Å². The van der Waals surface area contributed by atoms with E-state index in [0.29, 0.717) is 17.0 Å². The number of benzene rings is 1. The standard InChI is InChI=1S/C13H11NO3S/c1-9(15)14-11-2-4-12(5-3-11)17-13(16)10-6-7-18-8-10/h2-8H,1H3,(H,14,15). The predicted molar refractivity (Wildman–Crippen MR) is 70.0 cm³/mol. The molecule has 1 aromatic carbocycles. The Balaban J connectivity index is 2.02. The molecule has 2 aromatic rings. The van der Waals surface area contributed by atoms with Crippen molar-refractivity contribution in [3.63, 3.8) is 0 Å².